The molecule has 0 amide bonds. The lowest BCUT2D eigenvalue weighted by molar-refractivity contribution is -0.150. The molecular weight excluding hydrogens is 371 g/mol. The molecule has 0 aliphatic carbocycles. The third kappa shape index (κ3) is 7.40. The molecule has 0 unspecified atom stereocenters. The minimum Gasteiger partial charge on any atom is -0.467 e. The maximum absolute atomic E-state index is 11.2. The fraction of sp³-hybridized carbons (Fsp3) is 0.562. The van der Waals surface area contributed by atoms with Gasteiger partial charge in [-0.1, -0.05) is 42.8 Å². The van der Waals surface area contributed by atoms with Crippen LogP contribution >= 0.6 is 23.2 Å². The molecule has 24 heavy (non-hydrogen) atoms. The third-order valence-corrected chi connectivity index (χ3v) is 5.51. The van der Waals surface area contributed by atoms with Crippen molar-refractivity contribution in [2.75, 3.05) is 20.5 Å². The van der Waals surface area contributed by atoms with Crippen molar-refractivity contribution in [1.82, 2.24) is 0 Å². The van der Waals surface area contributed by atoms with Crippen LogP contribution in [0.1, 0.15) is 5.56 Å². The van der Waals surface area contributed by atoms with E-state index in [0.717, 1.165) is 6.04 Å². The van der Waals surface area contributed by atoms with E-state index < -0.39 is 20.1 Å². The number of aliphatic hydroxyl groups excluding tert-OH is 1. The van der Waals surface area contributed by atoms with Gasteiger partial charge < -0.3 is 19.3 Å². The van der Waals surface area contributed by atoms with Gasteiger partial charge in [0.15, 0.2) is 18.6 Å². The first-order chi connectivity index (χ1) is 11.1. The third-order valence-electron chi connectivity index (χ3n) is 3.24. The first-order valence-corrected chi connectivity index (χ1v) is 12.0. The number of aliphatic hydroxyl groups is 1. The summed E-state index contributed by atoms with van der Waals surface area (Å²) in [7, 11) is 0.0747. The summed E-state index contributed by atoms with van der Waals surface area (Å²) in [6, 6.07) is 4.23. The molecule has 0 heterocycles. The number of benzene rings is 1. The van der Waals surface area contributed by atoms with Crippen molar-refractivity contribution in [2.24, 2.45) is 0 Å². The molecule has 0 bridgehead atoms. The standard InChI is InChI=1S/C16H24Cl2O5Si/c1-21-16(20)14(19)9-11-7-12(17)15(13(18)8-11)23-10-22-5-6-24(2,3)4/h7-8,14,19H,5-6,9-10H2,1-4H3/t14-/m1/s1. The number of halogens is 2. The molecular formula is C16H24Cl2O5Si. The fourth-order valence-electron chi connectivity index (χ4n) is 1.85. The van der Waals surface area contributed by atoms with Crippen LogP contribution in [0.3, 0.4) is 0 Å². The monoisotopic (exact) mass is 394 g/mol. The molecule has 0 saturated carbocycles. The van der Waals surface area contributed by atoms with Crippen molar-refractivity contribution < 1.29 is 24.1 Å². The van der Waals surface area contributed by atoms with Crippen molar-refractivity contribution in [2.45, 2.75) is 38.2 Å². The van der Waals surface area contributed by atoms with Crippen LogP contribution in [0.2, 0.25) is 35.7 Å². The lowest BCUT2D eigenvalue weighted by Gasteiger charge is -2.16. The van der Waals surface area contributed by atoms with Gasteiger partial charge in [0.1, 0.15) is 0 Å². The number of methoxy groups -OCH3 is 1. The van der Waals surface area contributed by atoms with E-state index in [4.69, 9.17) is 32.7 Å². The summed E-state index contributed by atoms with van der Waals surface area (Å²) in [5, 5.41) is 10.3. The Balaban J connectivity index is 2.60. The van der Waals surface area contributed by atoms with E-state index in [2.05, 4.69) is 24.4 Å². The number of esters is 1. The summed E-state index contributed by atoms with van der Waals surface area (Å²) in [6.07, 6.45) is -1.21. The Bertz CT molecular complexity index is 537. The highest BCUT2D eigenvalue weighted by atomic mass is 35.5. The smallest absolute Gasteiger partial charge is 0.335 e. The normalized spacial score (nSPS) is 12.8. The van der Waals surface area contributed by atoms with E-state index in [1.807, 2.05) is 0 Å². The highest BCUT2D eigenvalue weighted by Crippen LogP contribution is 2.34. The molecule has 5 nitrogen and oxygen atoms in total. The summed E-state index contributed by atoms with van der Waals surface area (Å²) in [5.41, 5.74) is 0.606. The summed E-state index contributed by atoms with van der Waals surface area (Å²) >= 11 is 12.3. The van der Waals surface area contributed by atoms with E-state index in [1.54, 1.807) is 12.1 Å². The van der Waals surface area contributed by atoms with E-state index in [9.17, 15) is 9.90 Å². The summed E-state index contributed by atoms with van der Waals surface area (Å²) in [5.74, 6) is -0.388. The zero-order valence-electron chi connectivity index (χ0n) is 14.4. The Hall–Kier alpha value is -0.793. The maximum Gasteiger partial charge on any atom is 0.335 e. The van der Waals surface area contributed by atoms with Crippen LogP contribution in [0.4, 0.5) is 0 Å². The first kappa shape index (κ1) is 21.2. The SMILES string of the molecule is COC(=O)[C@H](O)Cc1cc(Cl)c(OCOCC[Si](C)(C)C)c(Cl)c1. The summed E-state index contributed by atoms with van der Waals surface area (Å²) in [6.45, 7) is 7.51. The number of ether oxygens (including phenoxy) is 3. The molecule has 1 aromatic carbocycles. The predicted molar refractivity (Wildman–Crippen MR) is 97.8 cm³/mol. The molecule has 1 N–H and O–H groups in total. The van der Waals surface area contributed by atoms with E-state index >= 15 is 0 Å². The van der Waals surface area contributed by atoms with Gasteiger partial charge in [-0.3, -0.25) is 0 Å². The average molecular weight is 395 g/mol. The minimum absolute atomic E-state index is 0.0547. The van der Waals surface area contributed by atoms with Gasteiger partial charge in [-0.05, 0) is 23.7 Å². The zero-order chi connectivity index (χ0) is 18.3. The minimum atomic E-state index is -1.27. The molecule has 0 spiro atoms. The number of rotatable bonds is 9. The quantitative estimate of drug-likeness (QED) is 0.299. The molecule has 0 aromatic heterocycles. The maximum atomic E-state index is 11.2. The van der Waals surface area contributed by atoms with Gasteiger partial charge in [0.2, 0.25) is 0 Å². The topological polar surface area (TPSA) is 65.0 Å². The fourth-order valence-corrected chi connectivity index (χ4v) is 3.25. The second kappa shape index (κ2) is 9.63. The number of hydrogen-bond donors (Lipinski definition) is 1. The van der Waals surface area contributed by atoms with Crippen LogP contribution in [0.25, 0.3) is 0 Å². The highest BCUT2D eigenvalue weighted by Gasteiger charge is 2.18. The molecule has 0 radical (unpaired) electrons. The molecule has 136 valence electrons. The number of carbonyl (C=O) groups excluding carboxylic acids is 1. The second-order valence-electron chi connectivity index (χ2n) is 6.61. The van der Waals surface area contributed by atoms with E-state index in [1.165, 1.54) is 7.11 Å². The zero-order valence-corrected chi connectivity index (χ0v) is 16.9. The molecule has 1 rings (SSSR count). The van der Waals surface area contributed by atoms with Gasteiger partial charge in [-0.15, -0.1) is 0 Å². The Morgan fingerprint density at radius 2 is 1.83 bits per heavy atom. The van der Waals surface area contributed by atoms with Crippen LogP contribution < -0.4 is 4.74 Å². The molecule has 0 aliphatic heterocycles. The van der Waals surface area contributed by atoms with Crippen LogP contribution in [-0.4, -0.2) is 45.8 Å². The highest BCUT2D eigenvalue weighted by molar-refractivity contribution is 6.76. The lowest BCUT2D eigenvalue weighted by Crippen LogP contribution is -2.24. The van der Waals surface area contributed by atoms with Gasteiger partial charge in [0.05, 0.1) is 17.2 Å². The van der Waals surface area contributed by atoms with Crippen LogP contribution in [0.15, 0.2) is 12.1 Å². The van der Waals surface area contributed by atoms with Crippen LogP contribution in [0, 0.1) is 0 Å². The largest absolute Gasteiger partial charge is 0.467 e. The van der Waals surface area contributed by atoms with Gasteiger partial charge in [-0.2, -0.15) is 0 Å². The number of carbonyl (C=O) groups is 1. The average Bonchev–Trinajstić information content (AvgIpc) is 2.47. The number of hydrogen-bond acceptors (Lipinski definition) is 5. The van der Waals surface area contributed by atoms with E-state index in [0.29, 0.717) is 28.0 Å². The van der Waals surface area contributed by atoms with Crippen LogP contribution in [0.5, 0.6) is 5.75 Å². The Kier molecular flexibility index (Phi) is 8.52. The van der Waals surface area contributed by atoms with Gasteiger partial charge >= 0.3 is 5.97 Å². The second-order valence-corrected chi connectivity index (χ2v) is 13.0. The molecule has 0 fully saturated rings. The van der Waals surface area contributed by atoms with Crippen molar-refractivity contribution in [3.63, 3.8) is 0 Å². The van der Waals surface area contributed by atoms with Crippen molar-refractivity contribution >= 4 is 37.2 Å². The molecule has 8 heteroatoms. The van der Waals surface area contributed by atoms with E-state index in [-0.39, 0.29) is 13.2 Å². The Morgan fingerprint density at radius 3 is 2.33 bits per heavy atom. The Labute approximate surface area is 153 Å². The van der Waals surface area contributed by atoms with Crippen molar-refractivity contribution in [3.8, 4) is 5.75 Å². The molecule has 0 aliphatic rings. The predicted octanol–water partition coefficient (Wildman–Crippen LogP) is 3.76. The van der Waals surface area contributed by atoms with Crippen molar-refractivity contribution in [1.29, 1.82) is 0 Å². The molecule has 1 aromatic rings. The van der Waals surface area contributed by atoms with Gasteiger partial charge in [0.25, 0.3) is 0 Å². The first-order valence-electron chi connectivity index (χ1n) is 7.58. The molecule has 1 atom stereocenters. The van der Waals surface area contributed by atoms with Crippen LogP contribution in [-0.2, 0) is 20.7 Å². The van der Waals surface area contributed by atoms with Crippen molar-refractivity contribution in [3.05, 3.63) is 27.7 Å². The molecule has 0 saturated heterocycles. The summed E-state index contributed by atoms with van der Waals surface area (Å²) < 4.78 is 15.4. The Morgan fingerprint density at radius 1 is 1.25 bits per heavy atom. The van der Waals surface area contributed by atoms with Gasteiger partial charge in [-0.25, -0.2) is 4.79 Å². The lowest BCUT2D eigenvalue weighted by atomic mass is 10.1. The summed E-state index contributed by atoms with van der Waals surface area (Å²) in [4.78, 5) is 11.2. The van der Waals surface area contributed by atoms with Gasteiger partial charge in [0, 0.05) is 21.1 Å².